The van der Waals surface area contributed by atoms with E-state index in [9.17, 15) is 14.0 Å². The standard InChI is InChI=1S/C20H19BrFN5O2/c1-26(2)18(28)12-27-11-17(24-25-27)20(29)23-19(13-6-4-3-5-7-13)15-9-8-14(21)10-16(15)22/h3-11,19H,12H2,1-2H3,(H,23,29). The molecule has 1 aromatic heterocycles. The lowest BCUT2D eigenvalue weighted by Gasteiger charge is -2.20. The molecule has 0 aliphatic carbocycles. The van der Waals surface area contributed by atoms with Gasteiger partial charge in [0.2, 0.25) is 5.91 Å². The van der Waals surface area contributed by atoms with Gasteiger partial charge in [-0.1, -0.05) is 57.5 Å². The summed E-state index contributed by atoms with van der Waals surface area (Å²) in [5.41, 5.74) is 1.08. The molecule has 3 rings (SSSR count). The molecule has 0 bridgehead atoms. The monoisotopic (exact) mass is 459 g/mol. The first-order valence-electron chi connectivity index (χ1n) is 8.76. The molecule has 2 aromatic carbocycles. The van der Waals surface area contributed by atoms with E-state index in [-0.39, 0.29) is 18.1 Å². The molecule has 1 atom stereocenters. The topological polar surface area (TPSA) is 80.1 Å². The van der Waals surface area contributed by atoms with Crippen LogP contribution >= 0.6 is 15.9 Å². The van der Waals surface area contributed by atoms with E-state index in [1.807, 2.05) is 18.2 Å². The van der Waals surface area contributed by atoms with E-state index in [1.165, 1.54) is 21.8 Å². The van der Waals surface area contributed by atoms with Crippen molar-refractivity contribution in [3.8, 4) is 0 Å². The molecule has 0 aliphatic rings. The number of amides is 2. The summed E-state index contributed by atoms with van der Waals surface area (Å²) in [6.07, 6.45) is 1.39. The summed E-state index contributed by atoms with van der Waals surface area (Å²) in [6.45, 7) is -0.0310. The molecule has 0 fully saturated rings. The van der Waals surface area contributed by atoms with Crippen molar-refractivity contribution in [1.82, 2.24) is 25.2 Å². The van der Waals surface area contributed by atoms with Gasteiger partial charge in [-0.3, -0.25) is 9.59 Å². The average Bonchev–Trinajstić information content (AvgIpc) is 3.16. The number of rotatable bonds is 6. The highest BCUT2D eigenvalue weighted by atomic mass is 79.9. The molecule has 0 radical (unpaired) electrons. The quantitative estimate of drug-likeness (QED) is 0.614. The smallest absolute Gasteiger partial charge is 0.274 e. The van der Waals surface area contributed by atoms with Gasteiger partial charge in [-0.2, -0.15) is 0 Å². The van der Waals surface area contributed by atoms with E-state index in [0.717, 1.165) is 5.56 Å². The van der Waals surface area contributed by atoms with Crippen LogP contribution in [-0.4, -0.2) is 45.8 Å². The fourth-order valence-electron chi connectivity index (χ4n) is 2.69. The van der Waals surface area contributed by atoms with E-state index in [4.69, 9.17) is 0 Å². The molecule has 29 heavy (non-hydrogen) atoms. The number of aromatic nitrogens is 3. The first-order chi connectivity index (χ1) is 13.8. The van der Waals surface area contributed by atoms with Crippen LogP contribution in [0.25, 0.3) is 0 Å². The highest BCUT2D eigenvalue weighted by Crippen LogP contribution is 2.27. The molecule has 0 saturated heterocycles. The normalized spacial score (nSPS) is 11.7. The minimum Gasteiger partial charge on any atom is -0.347 e. The zero-order chi connectivity index (χ0) is 21.0. The number of nitrogens with zero attached hydrogens (tertiary/aromatic N) is 4. The number of halogens is 2. The van der Waals surface area contributed by atoms with Crippen molar-refractivity contribution in [2.45, 2.75) is 12.6 Å². The Morgan fingerprint density at radius 2 is 1.93 bits per heavy atom. The van der Waals surface area contributed by atoms with Gasteiger partial charge in [-0.05, 0) is 17.7 Å². The molecule has 0 spiro atoms. The zero-order valence-electron chi connectivity index (χ0n) is 15.8. The maximum absolute atomic E-state index is 14.6. The second-order valence-corrected chi connectivity index (χ2v) is 7.49. The Kier molecular flexibility index (Phi) is 6.38. The lowest BCUT2D eigenvalue weighted by atomic mass is 9.98. The van der Waals surface area contributed by atoms with Gasteiger partial charge < -0.3 is 10.2 Å². The summed E-state index contributed by atoms with van der Waals surface area (Å²) in [4.78, 5) is 26.0. The maximum Gasteiger partial charge on any atom is 0.274 e. The second-order valence-electron chi connectivity index (χ2n) is 6.57. The van der Waals surface area contributed by atoms with Crippen molar-refractivity contribution in [2.24, 2.45) is 0 Å². The maximum atomic E-state index is 14.6. The highest BCUT2D eigenvalue weighted by molar-refractivity contribution is 9.10. The van der Waals surface area contributed by atoms with Gasteiger partial charge in [0, 0.05) is 24.1 Å². The van der Waals surface area contributed by atoms with E-state index < -0.39 is 17.8 Å². The highest BCUT2D eigenvalue weighted by Gasteiger charge is 2.23. The minimum atomic E-state index is -0.717. The van der Waals surface area contributed by atoms with Crippen LogP contribution in [0.15, 0.2) is 59.2 Å². The predicted molar refractivity (Wildman–Crippen MR) is 109 cm³/mol. The van der Waals surface area contributed by atoms with Gasteiger partial charge in [0.1, 0.15) is 12.4 Å². The van der Waals surface area contributed by atoms with Crippen LogP contribution in [0, 0.1) is 5.82 Å². The zero-order valence-corrected chi connectivity index (χ0v) is 17.4. The molecule has 1 heterocycles. The Balaban J connectivity index is 1.86. The molecule has 3 aromatic rings. The van der Waals surface area contributed by atoms with Crippen LogP contribution in [0.4, 0.5) is 4.39 Å². The van der Waals surface area contributed by atoms with Crippen LogP contribution in [0.1, 0.15) is 27.7 Å². The number of carbonyl (C=O) groups excluding carboxylic acids is 2. The first kappa shape index (κ1) is 20.7. The van der Waals surface area contributed by atoms with Gasteiger partial charge in [0.25, 0.3) is 5.91 Å². The summed E-state index contributed by atoms with van der Waals surface area (Å²) in [6, 6.07) is 13.0. The Morgan fingerprint density at radius 1 is 1.21 bits per heavy atom. The molecular formula is C20H19BrFN5O2. The van der Waals surface area contributed by atoms with Crippen molar-refractivity contribution in [3.63, 3.8) is 0 Å². The summed E-state index contributed by atoms with van der Waals surface area (Å²) in [7, 11) is 3.26. The van der Waals surface area contributed by atoms with Gasteiger partial charge >= 0.3 is 0 Å². The van der Waals surface area contributed by atoms with Gasteiger partial charge in [-0.15, -0.1) is 5.10 Å². The third kappa shape index (κ3) is 5.05. The minimum absolute atomic E-state index is 0.0310. The number of carbonyl (C=O) groups is 2. The Bertz CT molecular complexity index is 1020. The Labute approximate surface area is 175 Å². The largest absolute Gasteiger partial charge is 0.347 e. The van der Waals surface area contributed by atoms with Crippen molar-refractivity contribution in [3.05, 3.63) is 81.8 Å². The third-order valence-electron chi connectivity index (χ3n) is 4.25. The first-order valence-corrected chi connectivity index (χ1v) is 9.55. The number of hydrogen-bond acceptors (Lipinski definition) is 4. The number of hydrogen-bond donors (Lipinski definition) is 1. The van der Waals surface area contributed by atoms with E-state index in [0.29, 0.717) is 10.0 Å². The van der Waals surface area contributed by atoms with Gasteiger partial charge in [0.05, 0.1) is 12.2 Å². The van der Waals surface area contributed by atoms with Crippen LogP contribution < -0.4 is 5.32 Å². The van der Waals surface area contributed by atoms with Gasteiger partial charge in [-0.25, -0.2) is 9.07 Å². The Morgan fingerprint density at radius 3 is 2.59 bits per heavy atom. The van der Waals surface area contributed by atoms with Crippen LogP contribution in [0.2, 0.25) is 0 Å². The number of likely N-dealkylation sites (N-methyl/N-ethyl adjacent to an activating group) is 1. The summed E-state index contributed by atoms with van der Waals surface area (Å²) in [5.74, 6) is -1.15. The third-order valence-corrected chi connectivity index (χ3v) is 4.74. The Hall–Kier alpha value is -3.07. The van der Waals surface area contributed by atoms with Crippen molar-refractivity contribution in [2.75, 3.05) is 14.1 Å². The summed E-state index contributed by atoms with van der Waals surface area (Å²) in [5, 5.41) is 10.5. The van der Waals surface area contributed by atoms with Crippen LogP contribution in [0.5, 0.6) is 0 Å². The average molecular weight is 460 g/mol. The summed E-state index contributed by atoms with van der Waals surface area (Å²) < 4.78 is 16.5. The second kappa shape index (κ2) is 8.95. The fraction of sp³-hybridized carbons (Fsp3) is 0.200. The van der Waals surface area contributed by atoms with Crippen molar-refractivity contribution < 1.29 is 14.0 Å². The van der Waals surface area contributed by atoms with Crippen LogP contribution in [-0.2, 0) is 11.3 Å². The SMILES string of the molecule is CN(C)C(=O)Cn1cc(C(=O)NC(c2ccccc2)c2ccc(Br)cc2F)nn1. The lowest BCUT2D eigenvalue weighted by Crippen LogP contribution is -2.30. The number of benzene rings is 2. The molecular weight excluding hydrogens is 441 g/mol. The van der Waals surface area contributed by atoms with Crippen molar-refractivity contribution >= 4 is 27.7 Å². The molecule has 1 N–H and O–H groups in total. The lowest BCUT2D eigenvalue weighted by molar-refractivity contribution is -0.129. The van der Waals surface area contributed by atoms with E-state index in [1.54, 1.807) is 38.4 Å². The molecule has 0 saturated carbocycles. The van der Waals surface area contributed by atoms with E-state index >= 15 is 0 Å². The van der Waals surface area contributed by atoms with Crippen LogP contribution in [0.3, 0.4) is 0 Å². The molecule has 0 aliphatic heterocycles. The molecule has 150 valence electrons. The fourth-order valence-corrected chi connectivity index (χ4v) is 3.02. The molecule has 1 unspecified atom stereocenters. The van der Waals surface area contributed by atoms with Crippen molar-refractivity contribution in [1.29, 1.82) is 0 Å². The molecule has 2 amide bonds. The molecule has 9 heteroatoms. The van der Waals surface area contributed by atoms with Gasteiger partial charge in [0.15, 0.2) is 5.69 Å². The molecule has 7 nitrogen and oxygen atoms in total. The van der Waals surface area contributed by atoms with E-state index in [2.05, 4.69) is 31.6 Å². The summed E-state index contributed by atoms with van der Waals surface area (Å²) >= 11 is 3.24. The predicted octanol–water partition coefficient (Wildman–Crippen LogP) is 2.79. The number of nitrogens with one attached hydrogen (secondary N) is 1.